The van der Waals surface area contributed by atoms with Crippen LogP contribution in [-0.4, -0.2) is 16.4 Å². The monoisotopic (exact) mass is 216 g/mol. The molecule has 0 saturated carbocycles. The Morgan fingerprint density at radius 3 is 2.14 bits per heavy atom. The van der Waals surface area contributed by atoms with Crippen molar-refractivity contribution in [1.82, 2.24) is 5.32 Å². The number of carbonyl (C=O) groups is 1. The van der Waals surface area contributed by atoms with E-state index >= 15 is 0 Å². The molecule has 0 saturated heterocycles. The van der Waals surface area contributed by atoms with Crippen molar-refractivity contribution in [3.8, 4) is 0 Å². The van der Waals surface area contributed by atoms with Crippen LogP contribution in [0.5, 0.6) is 0 Å². The molecule has 0 aromatic rings. The van der Waals surface area contributed by atoms with Crippen molar-refractivity contribution in [2.24, 2.45) is 5.73 Å². The fraction of sp³-hybridized carbons (Fsp3) is 0.800. The Labute approximate surface area is 91.4 Å². The van der Waals surface area contributed by atoms with E-state index in [0.717, 1.165) is 19.3 Å². The lowest BCUT2D eigenvalue weighted by Gasteiger charge is -2.31. The molecular weight excluding hydrogens is 196 g/mol. The second-order valence-electron chi connectivity index (χ2n) is 3.45. The van der Waals surface area contributed by atoms with E-state index < -0.39 is 5.54 Å². The fourth-order valence-corrected chi connectivity index (χ4v) is 1.73. The van der Waals surface area contributed by atoms with Crippen LogP contribution in [-0.2, 0) is 4.79 Å². The third-order valence-corrected chi connectivity index (χ3v) is 2.93. The summed E-state index contributed by atoms with van der Waals surface area (Å²) >= 11 is 4.99. The first kappa shape index (κ1) is 13.4. The summed E-state index contributed by atoms with van der Waals surface area (Å²) in [5.41, 5.74) is 5.17. The molecule has 4 heteroatoms. The zero-order chi connectivity index (χ0) is 11.2. The average Bonchev–Trinajstić information content (AvgIpc) is 2.14. The Morgan fingerprint density at radius 2 is 1.86 bits per heavy atom. The summed E-state index contributed by atoms with van der Waals surface area (Å²) in [6.07, 6.45) is 2.86. The molecule has 0 atom stereocenters. The Bertz CT molecular complexity index is 212. The predicted molar refractivity (Wildman–Crippen MR) is 63.1 cm³/mol. The highest BCUT2D eigenvalue weighted by Gasteiger charge is 2.30. The van der Waals surface area contributed by atoms with Crippen LogP contribution in [0.1, 0.15) is 46.5 Å². The first-order valence-electron chi connectivity index (χ1n) is 5.13. The van der Waals surface area contributed by atoms with E-state index in [0.29, 0.717) is 11.4 Å². The molecule has 14 heavy (non-hydrogen) atoms. The van der Waals surface area contributed by atoms with Crippen LogP contribution in [0.15, 0.2) is 0 Å². The molecule has 0 spiro atoms. The van der Waals surface area contributed by atoms with Gasteiger partial charge in [-0.25, -0.2) is 0 Å². The highest BCUT2D eigenvalue weighted by molar-refractivity contribution is 7.80. The van der Waals surface area contributed by atoms with Gasteiger partial charge in [-0.1, -0.05) is 33.0 Å². The van der Waals surface area contributed by atoms with Gasteiger partial charge < -0.3 is 11.1 Å². The summed E-state index contributed by atoms with van der Waals surface area (Å²) in [5.74, 6) is 0.0315. The fourth-order valence-electron chi connectivity index (χ4n) is 1.39. The number of nitrogens with two attached hydrogens (primary N) is 1. The van der Waals surface area contributed by atoms with Crippen LogP contribution in [0.4, 0.5) is 0 Å². The van der Waals surface area contributed by atoms with Crippen molar-refractivity contribution in [2.45, 2.75) is 52.0 Å². The van der Waals surface area contributed by atoms with Crippen LogP contribution < -0.4 is 11.1 Å². The molecule has 0 aliphatic carbocycles. The maximum absolute atomic E-state index is 11.5. The topological polar surface area (TPSA) is 55.1 Å². The molecule has 0 bridgehead atoms. The van der Waals surface area contributed by atoms with Crippen molar-refractivity contribution in [2.75, 3.05) is 0 Å². The number of carbonyl (C=O) groups excluding carboxylic acids is 1. The summed E-state index contributed by atoms with van der Waals surface area (Å²) in [7, 11) is 0. The van der Waals surface area contributed by atoms with Gasteiger partial charge in [-0.2, -0.15) is 0 Å². The standard InChI is InChI=1S/C10H20N2OS/c1-4-7-8(13)12-10(5-2,6-3)9(11)14/h4-7H2,1-3H3,(H2,11,14)(H,12,13). The van der Waals surface area contributed by atoms with E-state index in [9.17, 15) is 4.79 Å². The number of hydrogen-bond donors (Lipinski definition) is 2. The second-order valence-corrected chi connectivity index (χ2v) is 3.89. The molecule has 0 aromatic heterocycles. The SMILES string of the molecule is CCCC(=O)NC(CC)(CC)C(N)=S. The normalized spacial score (nSPS) is 11.1. The van der Waals surface area contributed by atoms with Gasteiger partial charge in [0.15, 0.2) is 0 Å². The van der Waals surface area contributed by atoms with Gasteiger partial charge in [-0.3, -0.25) is 4.79 Å². The Morgan fingerprint density at radius 1 is 1.36 bits per heavy atom. The van der Waals surface area contributed by atoms with Crippen LogP contribution >= 0.6 is 12.2 Å². The lowest BCUT2D eigenvalue weighted by atomic mass is 9.92. The second kappa shape index (κ2) is 5.96. The molecule has 0 aliphatic rings. The van der Waals surface area contributed by atoms with E-state index in [4.69, 9.17) is 18.0 Å². The summed E-state index contributed by atoms with van der Waals surface area (Å²) in [5, 5.41) is 2.93. The van der Waals surface area contributed by atoms with Gasteiger partial charge in [0, 0.05) is 6.42 Å². The number of amides is 1. The van der Waals surface area contributed by atoms with Crippen molar-refractivity contribution < 1.29 is 4.79 Å². The number of nitrogens with one attached hydrogen (secondary N) is 1. The van der Waals surface area contributed by atoms with Crippen molar-refractivity contribution in [3.63, 3.8) is 0 Å². The maximum atomic E-state index is 11.5. The molecule has 3 nitrogen and oxygen atoms in total. The van der Waals surface area contributed by atoms with Crippen LogP contribution in [0, 0.1) is 0 Å². The number of hydrogen-bond acceptors (Lipinski definition) is 2. The molecule has 0 radical (unpaired) electrons. The Balaban J connectivity index is 4.51. The third kappa shape index (κ3) is 3.25. The van der Waals surface area contributed by atoms with Crippen LogP contribution in [0.25, 0.3) is 0 Å². The maximum Gasteiger partial charge on any atom is 0.220 e. The summed E-state index contributed by atoms with van der Waals surface area (Å²) < 4.78 is 0. The van der Waals surface area contributed by atoms with Crippen LogP contribution in [0.2, 0.25) is 0 Å². The lowest BCUT2D eigenvalue weighted by Crippen LogP contribution is -2.55. The molecule has 0 fully saturated rings. The minimum atomic E-state index is -0.485. The van der Waals surface area contributed by atoms with Gasteiger partial charge in [-0.05, 0) is 19.3 Å². The largest absolute Gasteiger partial charge is 0.391 e. The highest BCUT2D eigenvalue weighted by atomic mass is 32.1. The molecule has 0 unspecified atom stereocenters. The quantitative estimate of drug-likeness (QED) is 0.665. The van der Waals surface area contributed by atoms with Crippen molar-refractivity contribution >= 4 is 23.1 Å². The van der Waals surface area contributed by atoms with E-state index in [1.165, 1.54) is 0 Å². The van der Waals surface area contributed by atoms with Gasteiger partial charge in [0.1, 0.15) is 0 Å². The molecule has 0 heterocycles. The minimum absolute atomic E-state index is 0.0315. The van der Waals surface area contributed by atoms with E-state index in [1.54, 1.807) is 0 Å². The minimum Gasteiger partial charge on any atom is -0.391 e. The molecule has 0 rings (SSSR count). The van der Waals surface area contributed by atoms with Gasteiger partial charge in [0.05, 0.1) is 10.5 Å². The molecule has 0 aromatic carbocycles. The first-order valence-corrected chi connectivity index (χ1v) is 5.54. The zero-order valence-corrected chi connectivity index (χ0v) is 10.0. The average molecular weight is 216 g/mol. The molecule has 0 aliphatic heterocycles. The van der Waals surface area contributed by atoms with E-state index in [2.05, 4.69) is 5.32 Å². The van der Waals surface area contributed by atoms with Gasteiger partial charge in [0.2, 0.25) is 5.91 Å². The van der Waals surface area contributed by atoms with Crippen molar-refractivity contribution in [1.29, 1.82) is 0 Å². The summed E-state index contributed by atoms with van der Waals surface area (Å²) in [6.45, 7) is 5.93. The van der Waals surface area contributed by atoms with E-state index in [1.807, 2.05) is 20.8 Å². The number of rotatable bonds is 6. The molecular formula is C10H20N2OS. The zero-order valence-electron chi connectivity index (χ0n) is 9.22. The third-order valence-electron chi connectivity index (χ3n) is 2.53. The predicted octanol–water partition coefficient (Wildman–Crippen LogP) is 1.75. The van der Waals surface area contributed by atoms with Crippen LogP contribution in [0.3, 0.4) is 0 Å². The summed E-state index contributed by atoms with van der Waals surface area (Å²) in [4.78, 5) is 11.8. The lowest BCUT2D eigenvalue weighted by molar-refractivity contribution is -0.122. The Kier molecular flexibility index (Phi) is 5.69. The van der Waals surface area contributed by atoms with Gasteiger partial charge in [0.25, 0.3) is 0 Å². The molecule has 82 valence electrons. The summed E-state index contributed by atoms with van der Waals surface area (Å²) in [6, 6.07) is 0. The van der Waals surface area contributed by atoms with Gasteiger partial charge in [-0.15, -0.1) is 0 Å². The van der Waals surface area contributed by atoms with Crippen molar-refractivity contribution in [3.05, 3.63) is 0 Å². The molecule has 1 amide bonds. The van der Waals surface area contributed by atoms with E-state index in [-0.39, 0.29) is 5.91 Å². The number of thiocarbonyl (C=S) groups is 1. The first-order chi connectivity index (χ1) is 6.52. The highest BCUT2D eigenvalue weighted by Crippen LogP contribution is 2.15. The molecule has 3 N–H and O–H groups in total. The Hall–Kier alpha value is -0.640. The van der Waals surface area contributed by atoms with Gasteiger partial charge >= 0.3 is 0 Å². The smallest absolute Gasteiger partial charge is 0.220 e.